The molecule has 0 fully saturated rings. The van der Waals surface area contributed by atoms with E-state index in [-0.39, 0.29) is 0 Å². The quantitative estimate of drug-likeness (QED) is 0.899. The molecule has 2 rings (SSSR count). The van der Waals surface area contributed by atoms with Crippen molar-refractivity contribution in [2.45, 2.75) is 33.6 Å². The Balaban J connectivity index is 2.21. The normalized spacial score (nSPS) is 12.4. The second-order valence-electron chi connectivity index (χ2n) is 5.64. The van der Waals surface area contributed by atoms with E-state index in [1.165, 1.54) is 11.1 Å². The van der Waals surface area contributed by atoms with E-state index < -0.39 is 0 Å². The van der Waals surface area contributed by atoms with E-state index in [0.717, 1.165) is 34.5 Å². The lowest BCUT2D eigenvalue weighted by atomic mass is 9.99. The van der Waals surface area contributed by atoms with Gasteiger partial charge in [-0.25, -0.2) is 9.97 Å². The predicted octanol–water partition coefficient (Wildman–Crippen LogP) is 3.58. The molecule has 0 saturated heterocycles. The lowest BCUT2D eigenvalue weighted by Gasteiger charge is -2.14. The van der Waals surface area contributed by atoms with Crippen LogP contribution in [0.5, 0.6) is 0 Å². The maximum Gasteiger partial charge on any atom is 0.133 e. The number of hydrogen-bond donors (Lipinski definition) is 1. The van der Waals surface area contributed by atoms with Crippen molar-refractivity contribution < 1.29 is 0 Å². The van der Waals surface area contributed by atoms with Gasteiger partial charge in [0.05, 0.1) is 0 Å². The lowest BCUT2D eigenvalue weighted by molar-refractivity contribution is 0.584. The molecule has 0 aliphatic carbocycles. The fourth-order valence-electron chi connectivity index (χ4n) is 2.40. The van der Waals surface area contributed by atoms with Gasteiger partial charge >= 0.3 is 0 Å². The number of halogens is 1. The Bertz CT molecular complexity index is 585. The van der Waals surface area contributed by atoms with E-state index in [0.29, 0.717) is 12.5 Å². The topological polar surface area (TPSA) is 51.8 Å². The van der Waals surface area contributed by atoms with Crippen LogP contribution in [0.15, 0.2) is 28.7 Å². The van der Waals surface area contributed by atoms with Gasteiger partial charge in [-0.15, -0.1) is 0 Å². The van der Waals surface area contributed by atoms with Crippen LogP contribution < -0.4 is 5.73 Å². The van der Waals surface area contributed by atoms with Gasteiger partial charge in [-0.2, -0.15) is 0 Å². The molecule has 3 nitrogen and oxygen atoms in total. The molecule has 0 radical (unpaired) electrons. The third-order valence-electron chi connectivity index (χ3n) is 3.70. The van der Waals surface area contributed by atoms with E-state index in [4.69, 9.17) is 5.73 Å². The lowest BCUT2D eigenvalue weighted by Crippen LogP contribution is -2.16. The van der Waals surface area contributed by atoms with Gasteiger partial charge in [0, 0.05) is 22.3 Å². The van der Waals surface area contributed by atoms with E-state index in [1.807, 2.05) is 12.1 Å². The van der Waals surface area contributed by atoms with Crippen LogP contribution in [0.25, 0.3) is 0 Å². The number of aryl methyl sites for hydroxylation is 2. The average Bonchev–Trinajstić information content (AvgIpc) is 2.45. The van der Waals surface area contributed by atoms with Crippen LogP contribution in [0.2, 0.25) is 0 Å². The first-order chi connectivity index (χ1) is 9.99. The molecule has 2 aromatic rings. The molecule has 1 unspecified atom stereocenters. The van der Waals surface area contributed by atoms with Gasteiger partial charge in [0.15, 0.2) is 0 Å². The Morgan fingerprint density at radius 2 is 1.67 bits per heavy atom. The number of nitrogens with zero attached hydrogens (tertiary/aromatic N) is 2. The maximum atomic E-state index is 5.72. The Hall–Kier alpha value is -1.26. The molecular weight excluding hydrogens is 326 g/mol. The summed E-state index contributed by atoms with van der Waals surface area (Å²) in [5.74, 6) is 1.35. The zero-order valence-electron chi connectivity index (χ0n) is 12.9. The molecule has 1 atom stereocenters. The van der Waals surface area contributed by atoms with Crippen molar-refractivity contribution >= 4 is 15.9 Å². The van der Waals surface area contributed by atoms with Crippen LogP contribution in [-0.4, -0.2) is 16.5 Å². The molecular formula is C17H22BrN3. The summed E-state index contributed by atoms with van der Waals surface area (Å²) in [5, 5.41) is 0. The zero-order chi connectivity index (χ0) is 15.4. The first-order valence-electron chi connectivity index (χ1n) is 7.27. The van der Waals surface area contributed by atoms with Crippen LogP contribution in [0, 0.1) is 19.8 Å². The summed E-state index contributed by atoms with van der Waals surface area (Å²) in [6.45, 7) is 6.99. The largest absolute Gasteiger partial charge is 0.330 e. The smallest absolute Gasteiger partial charge is 0.133 e. The van der Waals surface area contributed by atoms with Gasteiger partial charge in [-0.3, -0.25) is 0 Å². The maximum absolute atomic E-state index is 5.72. The molecule has 0 aliphatic heterocycles. The molecule has 112 valence electrons. The van der Waals surface area contributed by atoms with Gasteiger partial charge in [0.2, 0.25) is 0 Å². The fourth-order valence-corrected chi connectivity index (χ4v) is 2.66. The summed E-state index contributed by atoms with van der Waals surface area (Å²) in [6.07, 6.45) is 1.72. The van der Waals surface area contributed by atoms with Crippen LogP contribution in [-0.2, 0) is 12.8 Å². The zero-order valence-corrected chi connectivity index (χ0v) is 14.4. The van der Waals surface area contributed by atoms with E-state index in [2.05, 4.69) is 58.8 Å². The summed E-state index contributed by atoms with van der Waals surface area (Å²) in [4.78, 5) is 9.35. The molecule has 21 heavy (non-hydrogen) atoms. The highest BCUT2D eigenvalue weighted by atomic mass is 79.9. The fraction of sp³-hybridized carbons (Fsp3) is 0.412. The second-order valence-corrected chi connectivity index (χ2v) is 6.55. The van der Waals surface area contributed by atoms with Gasteiger partial charge in [-0.05, 0) is 56.0 Å². The monoisotopic (exact) mass is 347 g/mol. The Labute approximate surface area is 135 Å². The minimum Gasteiger partial charge on any atom is -0.330 e. The standard InChI is InChI=1S/C17H22BrN3/c1-11(10-19)8-16-12(2)20-17(21-13(16)3)9-14-4-6-15(18)7-5-14/h4-7,11H,8-10,19H2,1-3H3. The van der Waals surface area contributed by atoms with Gasteiger partial charge in [-0.1, -0.05) is 35.0 Å². The van der Waals surface area contributed by atoms with Crippen molar-refractivity contribution in [2.24, 2.45) is 11.7 Å². The summed E-state index contributed by atoms with van der Waals surface area (Å²) in [7, 11) is 0. The third kappa shape index (κ3) is 4.35. The molecule has 1 heterocycles. The van der Waals surface area contributed by atoms with Gasteiger partial charge in [0.1, 0.15) is 5.82 Å². The average molecular weight is 348 g/mol. The Morgan fingerprint density at radius 1 is 1.10 bits per heavy atom. The summed E-state index contributed by atoms with van der Waals surface area (Å²) < 4.78 is 1.09. The highest BCUT2D eigenvalue weighted by Crippen LogP contribution is 2.17. The number of aromatic nitrogens is 2. The molecule has 1 aromatic heterocycles. The number of nitrogens with two attached hydrogens (primary N) is 1. The molecule has 0 spiro atoms. The summed E-state index contributed by atoms with van der Waals surface area (Å²) >= 11 is 3.45. The highest BCUT2D eigenvalue weighted by Gasteiger charge is 2.11. The van der Waals surface area contributed by atoms with Crippen molar-refractivity contribution in [3.63, 3.8) is 0 Å². The summed E-state index contributed by atoms with van der Waals surface area (Å²) in [5.41, 5.74) is 10.3. The van der Waals surface area contributed by atoms with Crippen molar-refractivity contribution in [1.29, 1.82) is 0 Å². The molecule has 1 aromatic carbocycles. The highest BCUT2D eigenvalue weighted by molar-refractivity contribution is 9.10. The molecule has 0 saturated carbocycles. The van der Waals surface area contributed by atoms with Crippen molar-refractivity contribution in [1.82, 2.24) is 9.97 Å². The molecule has 4 heteroatoms. The molecule has 0 aliphatic rings. The van der Waals surface area contributed by atoms with Crippen molar-refractivity contribution in [3.8, 4) is 0 Å². The Morgan fingerprint density at radius 3 is 2.19 bits per heavy atom. The third-order valence-corrected chi connectivity index (χ3v) is 4.23. The molecule has 2 N–H and O–H groups in total. The predicted molar refractivity (Wildman–Crippen MR) is 90.4 cm³/mol. The number of rotatable bonds is 5. The van der Waals surface area contributed by atoms with Crippen LogP contribution in [0.4, 0.5) is 0 Å². The molecule has 0 bridgehead atoms. The minimum atomic E-state index is 0.461. The number of benzene rings is 1. The van der Waals surface area contributed by atoms with Crippen LogP contribution in [0.1, 0.15) is 35.3 Å². The van der Waals surface area contributed by atoms with Crippen molar-refractivity contribution in [3.05, 3.63) is 57.1 Å². The Kier molecular flexibility index (Phi) is 5.48. The first kappa shape index (κ1) is 16.1. The van der Waals surface area contributed by atoms with Crippen molar-refractivity contribution in [2.75, 3.05) is 6.54 Å². The van der Waals surface area contributed by atoms with E-state index in [9.17, 15) is 0 Å². The van der Waals surface area contributed by atoms with E-state index in [1.54, 1.807) is 0 Å². The SMILES string of the molecule is Cc1nc(Cc2ccc(Br)cc2)nc(C)c1CC(C)CN. The second kappa shape index (κ2) is 7.14. The first-order valence-corrected chi connectivity index (χ1v) is 8.06. The van der Waals surface area contributed by atoms with Gasteiger partial charge in [0.25, 0.3) is 0 Å². The van der Waals surface area contributed by atoms with E-state index >= 15 is 0 Å². The minimum absolute atomic E-state index is 0.461. The van der Waals surface area contributed by atoms with Crippen LogP contribution in [0.3, 0.4) is 0 Å². The van der Waals surface area contributed by atoms with Gasteiger partial charge < -0.3 is 5.73 Å². The van der Waals surface area contributed by atoms with Crippen LogP contribution >= 0.6 is 15.9 Å². The molecule has 0 amide bonds. The number of hydrogen-bond acceptors (Lipinski definition) is 3. The summed E-state index contributed by atoms with van der Waals surface area (Å²) in [6, 6.07) is 8.30.